The molecule has 1 rings (SSSR count). The van der Waals surface area contributed by atoms with E-state index in [0.717, 1.165) is 6.54 Å². The first-order valence-electron chi connectivity index (χ1n) is 8.28. The van der Waals surface area contributed by atoms with Crippen LogP contribution in [0, 0.1) is 0 Å². The van der Waals surface area contributed by atoms with Crippen LogP contribution in [-0.4, -0.2) is 12.6 Å². The number of unbranched alkanes of at least 4 members (excludes halogenated alkanes) is 2. The second-order valence-corrected chi connectivity index (χ2v) is 6.85. The second kappa shape index (κ2) is 8.46. The molecule has 0 saturated carbocycles. The molecular weight excluding hydrogens is 242 g/mol. The van der Waals surface area contributed by atoms with Crippen molar-refractivity contribution in [1.29, 1.82) is 0 Å². The molecular formula is C19H33N. The van der Waals surface area contributed by atoms with Gasteiger partial charge in [0.1, 0.15) is 0 Å². The van der Waals surface area contributed by atoms with Crippen LogP contribution in [0.4, 0.5) is 0 Å². The summed E-state index contributed by atoms with van der Waals surface area (Å²) in [6.45, 7) is 12.5. The van der Waals surface area contributed by atoms with Crippen molar-refractivity contribution >= 4 is 0 Å². The third kappa shape index (κ3) is 6.09. The molecule has 114 valence electrons. The minimum atomic E-state index is 0.307. The van der Waals surface area contributed by atoms with Crippen molar-refractivity contribution in [1.82, 2.24) is 5.32 Å². The highest BCUT2D eigenvalue weighted by atomic mass is 14.9. The molecule has 0 radical (unpaired) electrons. The van der Waals surface area contributed by atoms with Crippen LogP contribution >= 0.6 is 0 Å². The molecule has 1 nitrogen and oxygen atoms in total. The molecule has 0 amide bonds. The largest absolute Gasteiger partial charge is 0.315 e. The molecule has 0 spiro atoms. The van der Waals surface area contributed by atoms with Gasteiger partial charge in [-0.05, 0) is 48.8 Å². The van der Waals surface area contributed by atoms with E-state index < -0.39 is 0 Å². The molecule has 0 bridgehead atoms. The van der Waals surface area contributed by atoms with Crippen molar-refractivity contribution in [3.8, 4) is 0 Å². The lowest BCUT2D eigenvalue weighted by molar-refractivity contribution is 0.506. The zero-order chi connectivity index (χ0) is 15.0. The van der Waals surface area contributed by atoms with Gasteiger partial charge >= 0.3 is 0 Å². The molecule has 0 aliphatic rings. The SMILES string of the molecule is CCC(C)(C)c1ccc(CCCCCNC(C)C)cc1. The van der Waals surface area contributed by atoms with Crippen molar-refractivity contribution in [2.24, 2.45) is 0 Å². The van der Waals surface area contributed by atoms with Gasteiger partial charge in [-0.15, -0.1) is 0 Å². The van der Waals surface area contributed by atoms with E-state index in [9.17, 15) is 0 Å². The highest BCUT2D eigenvalue weighted by Crippen LogP contribution is 2.26. The van der Waals surface area contributed by atoms with E-state index in [1.807, 2.05) is 0 Å². The first-order valence-corrected chi connectivity index (χ1v) is 8.28. The monoisotopic (exact) mass is 275 g/mol. The molecule has 1 aromatic carbocycles. The Kier molecular flexibility index (Phi) is 7.29. The Bertz CT molecular complexity index is 362. The Morgan fingerprint density at radius 1 is 1.00 bits per heavy atom. The van der Waals surface area contributed by atoms with Gasteiger partial charge in [0.05, 0.1) is 0 Å². The average molecular weight is 275 g/mol. The van der Waals surface area contributed by atoms with Gasteiger partial charge in [-0.2, -0.15) is 0 Å². The fraction of sp³-hybridized carbons (Fsp3) is 0.684. The van der Waals surface area contributed by atoms with Gasteiger partial charge in [0, 0.05) is 6.04 Å². The molecule has 0 aliphatic carbocycles. The summed E-state index contributed by atoms with van der Waals surface area (Å²) in [6, 6.07) is 9.89. The Hall–Kier alpha value is -0.820. The van der Waals surface area contributed by atoms with E-state index >= 15 is 0 Å². The summed E-state index contributed by atoms with van der Waals surface area (Å²) in [5.41, 5.74) is 3.25. The number of hydrogen-bond acceptors (Lipinski definition) is 1. The molecule has 0 aromatic heterocycles. The van der Waals surface area contributed by atoms with E-state index in [1.165, 1.54) is 43.2 Å². The van der Waals surface area contributed by atoms with Gasteiger partial charge in [-0.25, -0.2) is 0 Å². The van der Waals surface area contributed by atoms with Crippen molar-refractivity contribution in [3.05, 3.63) is 35.4 Å². The summed E-state index contributed by atoms with van der Waals surface area (Å²) in [7, 11) is 0. The Labute approximate surface area is 126 Å². The molecule has 1 N–H and O–H groups in total. The smallest absolute Gasteiger partial charge is 0.00103 e. The highest BCUT2D eigenvalue weighted by molar-refractivity contribution is 5.28. The fourth-order valence-corrected chi connectivity index (χ4v) is 2.35. The molecule has 0 aliphatic heterocycles. The van der Waals surface area contributed by atoms with Crippen LogP contribution in [0.5, 0.6) is 0 Å². The van der Waals surface area contributed by atoms with Gasteiger partial charge in [-0.1, -0.05) is 65.3 Å². The van der Waals surface area contributed by atoms with Gasteiger partial charge in [0.25, 0.3) is 0 Å². The summed E-state index contributed by atoms with van der Waals surface area (Å²) in [5.74, 6) is 0. The second-order valence-electron chi connectivity index (χ2n) is 6.85. The summed E-state index contributed by atoms with van der Waals surface area (Å²) in [5, 5.41) is 3.47. The summed E-state index contributed by atoms with van der Waals surface area (Å²) >= 11 is 0. The number of rotatable bonds is 9. The Morgan fingerprint density at radius 3 is 2.20 bits per heavy atom. The van der Waals surface area contributed by atoms with Crippen LogP contribution in [-0.2, 0) is 11.8 Å². The first kappa shape index (κ1) is 17.2. The van der Waals surface area contributed by atoms with Crippen LogP contribution < -0.4 is 5.32 Å². The normalized spacial score (nSPS) is 12.1. The lowest BCUT2D eigenvalue weighted by Gasteiger charge is -2.23. The van der Waals surface area contributed by atoms with E-state index in [-0.39, 0.29) is 0 Å². The summed E-state index contributed by atoms with van der Waals surface area (Å²) in [6.07, 6.45) is 6.32. The Balaban J connectivity index is 2.28. The minimum Gasteiger partial charge on any atom is -0.315 e. The quantitative estimate of drug-likeness (QED) is 0.619. The van der Waals surface area contributed by atoms with Gasteiger partial charge in [0.15, 0.2) is 0 Å². The third-order valence-corrected chi connectivity index (χ3v) is 4.31. The summed E-state index contributed by atoms with van der Waals surface area (Å²) in [4.78, 5) is 0. The number of nitrogens with one attached hydrogen (secondary N) is 1. The van der Waals surface area contributed by atoms with Crippen LogP contribution in [0.25, 0.3) is 0 Å². The molecule has 1 heteroatoms. The van der Waals surface area contributed by atoms with Crippen molar-refractivity contribution in [2.45, 2.75) is 78.2 Å². The van der Waals surface area contributed by atoms with Crippen LogP contribution in [0.3, 0.4) is 0 Å². The number of hydrogen-bond donors (Lipinski definition) is 1. The molecule has 1 aromatic rings. The molecule has 0 unspecified atom stereocenters. The number of aryl methyl sites for hydroxylation is 1. The standard InChI is InChI=1S/C19H33N/c1-6-19(4,5)18-13-11-17(12-14-18)10-8-7-9-15-20-16(2)3/h11-14,16,20H,6-10,15H2,1-5H3. The molecule has 0 saturated heterocycles. The van der Waals surface area contributed by atoms with Gasteiger partial charge < -0.3 is 5.32 Å². The van der Waals surface area contributed by atoms with E-state index in [1.54, 1.807) is 0 Å². The molecule has 0 atom stereocenters. The van der Waals surface area contributed by atoms with Crippen molar-refractivity contribution in [2.75, 3.05) is 6.54 Å². The average Bonchev–Trinajstić information content (AvgIpc) is 2.43. The molecule has 20 heavy (non-hydrogen) atoms. The lowest BCUT2D eigenvalue weighted by atomic mass is 9.82. The molecule has 0 heterocycles. The van der Waals surface area contributed by atoms with E-state index in [4.69, 9.17) is 0 Å². The van der Waals surface area contributed by atoms with Crippen LogP contribution in [0.15, 0.2) is 24.3 Å². The topological polar surface area (TPSA) is 12.0 Å². The van der Waals surface area contributed by atoms with Gasteiger partial charge in [-0.3, -0.25) is 0 Å². The lowest BCUT2D eigenvalue weighted by Crippen LogP contribution is -2.23. The molecule has 0 fully saturated rings. The zero-order valence-electron chi connectivity index (χ0n) is 14.1. The first-order chi connectivity index (χ1) is 9.45. The predicted octanol–water partition coefficient (Wildman–Crippen LogP) is 5.09. The Morgan fingerprint density at radius 2 is 1.65 bits per heavy atom. The highest BCUT2D eigenvalue weighted by Gasteiger charge is 2.17. The maximum Gasteiger partial charge on any atom is 0.00103 e. The maximum absolute atomic E-state index is 3.47. The third-order valence-electron chi connectivity index (χ3n) is 4.31. The van der Waals surface area contributed by atoms with Crippen LogP contribution in [0.1, 0.15) is 71.4 Å². The van der Waals surface area contributed by atoms with Crippen molar-refractivity contribution < 1.29 is 0 Å². The van der Waals surface area contributed by atoms with Crippen LogP contribution in [0.2, 0.25) is 0 Å². The fourth-order valence-electron chi connectivity index (χ4n) is 2.35. The summed E-state index contributed by atoms with van der Waals surface area (Å²) < 4.78 is 0. The maximum atomic E-state index is 3.47. The predicted molar refractivity (Wildman–Crippen MR) is 90.5 cm³/mol. The minimum absolute atomic E-state index is 0.307. The van der Waals surface area contributed by atoms with E-state index in [2.05, 4.69) is 64.2 Å². The van der Waals surface area contributed by atoms with Crippen molar-refractivity contribution in [3.63, 3.8) is 0 Å². The number of benzene rings is 1. The zero-order valence-corrected chi connectivity index (χ0v) is 14.1. The van der Waals surface area contributed by atoms with Gasteiger partial charge in [0.2, 0.25) is 0 Å². The van der Waals surface area contributed by atoms with E-state index in [0.29, 0.717) is 11.5 Å².